The molecule has 0 amide bonds. The molecule has 1 unspecified atom stereocenters. The first-order valence-corrected chi connectivity index (χ1v) is 6.83. The number of rotatable bonds is 3. The molecule has 112 valence electrons. The Morgan fingerprint density at radius 3 is 2.86 bits per heavy atom. The van der Waals surface area contributed by atoms with Crippen LogP contribution in [0, 0.1) is 5.82 Å². The predicted molar refractivity (Wildman–Crippen MR) is 78.6 cm³/mol. The van der Waals surface area contributed by atoms with Crippen LogP contribution in [0.4, 0.5) is 4.39 Å². The van der Waals surface area contributed by atoms with E-state index in [1.165, 1.54) is 27.6 Å². The molecule has 3 rings (SSSR count). The van der Waals surface area contributed by atoms with Crippen molar-refractivity contribution in [1.82, 2.24) is 24.5 Å². The summed E-state index contributed by atoms with van der Waals surface area (Å²) in [4.78, 5) is 15.7. The van der Waals surface area contributed by atoms with Crippen LogP contribution in [0.1, 0.15) is 18.7 Å². The summed E-state index contributed by atoms with van der Waals surface area (Å²) in [7, 11) is 0. The van der Waals surface area contributed by atoms with Crippen molar-refractivity contribution in [2.24, 2.45) is 0 Å². The summed E-state index contributed by atoms with van der Waals surface area (Å²) in [5.41, 5.74) is 0.782. The molecule has 3 aromatic heterocycles. The molecule has 0 aliphatic heterocycles. The second-order valence-electron chi connectivity index (χ2n) is 4.72. The van der Waals surface area contributed by atoms with Crippen molar-refractivity contribution in [2.45, 2.75) is 13.0 Å². The molecular formula is C14H11ClFN5O. The lowest BCUT2D eigenvalue weighted by atomic mass is 10.2. The summed E-state index contributed by atoms with van der Waals surface area (Å²) in [6, 6.07) is 3.92. The Labute approximate surface area is 129 Å². The van der Waals surface area contributed by atoms with Gasteiger partial charge in [0.1, 0.15) is 11.5 Å². The zero-order valence-electron chi connectivity index (χ0n) is 11.5. The van der Waals surface area contributed by atoms with E-state index in [4.69, 9.17) is 11.6 Å². The summed E-state index contributed by atoms with van der Waals surface area (Å²) >= 11 is 5.78. The van der Waals surface area contributed by atoms with Crippen molar-refractivity contribution in [3.63, 3.8) is 0 Å². The lowest BCUT2D eigenvalue weighted by Gasteiger charge is -2.11. The summed E-state index contributed by atoms with van der Waals surface area (Å²) in [5.74, 6) is -0.462. The zero-order valence-corrected chi connectivity index (χ0v) is 12.3. The summed E-state index contributed by atoms with van der Waals surface area (Å²) < 4.78 is 16.1. The topological polar surface area (TPSA) is 65.6 Å². The Kier molecular flexibility index (Phi) is 3.72. The highest BCUT2D eigenvalue weighted by Crippen LogP contribution is 2.16. The number of halogens is 2. The van der Waals surface area contributed by atoms with Gasteiger partial charge in [-0.25, -0.2) is 9.07 Å². The van der Waals surface area contributed by atoms with Gasteiger partial charge in [0.25, 0.3) is 5.56 Å². The molecule has 0 aliphatic rings. The van der Waals surface area contributed by atoms with Gasteiger partial charge >= 0.3 is 0 Å². The molecular weight excluding hydrogens is 309 g/mol. The molecule has 3 heterocycles. The molecule has 6 nitrogen and oxygen atoms in total. The summed E-state index contributed by atoms with van der Waals surface area (Å²) in [6.07, 6.45) is 5.80. The van der Waals surface area contributed by atoms with Gasteiger partial charge in [-0.15, -0.1) is 5.10 Å². The van der Waals surface area contributed by atoms with E-state index >= 15 is 0 Å². The number of nitrogens with zero attached hydrogens (tertiary/aromatic N) is 5. The van der Waals surface area contributed by atoms with Crippen LogP contribution >= 0.6 is 11.6 Å². The van der Waals surface area contributed by atoms with Crippen LogP contribution in [0.15, 0.2) is 47.8 Å². The van der Waals surface area contributed by atoms with Crippen LogP contribution in [0.5, 0.6) is 0 Å². The van der Waals surface area contributed by atoms with E-state index < -0.39 is 5.82 Å². The highest BCUT2D eigenvalue weighted by atomic mass is 35.5. The highest BCUT2D eigenvalue weighted by Gasteiger charge is 2.14. The lowest BCUT2D eigenvalue weighted by Crippen LogP contribution is -2.22. The monoisotopic (exact) mass is 319 g/mol. The fourth-order valence-corrected chi connectivity index (χ4v) is 2.20. The van der Waals surface area contributed by atoms with E-state index in [1.54, 1.807) is 18.5 Å². The summed E-state index contributed by atoms with van der Waals surface area (Å²) in [6.45, 7) is 1.81. The summed E-state index contributed by atoms with van der Waals surface area (Å²) in [5, 5.41) is 8.35. The van der Waals surface area contributed by atoms with E-state index in [0.29, 0.717) is 16.4 Å². The van der Waals surface area contributed by atoms with Crippen molar-refractivity contribution in [3.8, 4) is 5.69 Å². The van der Waals surface area contributed by atoms with Gasteiger partial charge in [-0.3, -0.25) is 9.78 Å². The molecule has 1 atom stereocenters. The first-order valence-electron chi connectivity index (χ1n) is 6.45. The van der Waals surface area contributed by atoms with Gasteiger partial charge in [-0.2, -0.15) is 0 Å². The maximum atomic E-state index is 13.2. The van der Waals surface area contributed by atoms with Crippen LogP contribution in [0.2, 0.25) is 5.02 Å². The largest absolute Gasteiger partial charge is 0.307 e. The highest BCUT2D eigenvalue weighted by molar-refractivity contribution is 6.30. The van der Waals surface area contributed by atoms with E-state index in [2.05, 4.69) is 15.3 Å². The molecule has 0 radical (unpaired) electrons. The third-order valence-electron chi connectivity index (χ3n) is 3.22. The fraction of sp³-hybridized carbons (Fsp3) is 0.143. The smallest absolute Gasteiger partial charge is 0.252 e. The fourth-order valence-electron chi connectivity index (χ4n) is 2.05. The normalized spacial score (nSPS) is 12.3. The maximum Gasteiger partial charge on any atom is 0.252 e. The Balaban J connectivity index is 1.95. The molecule has 0 saturated heterocycles. The lowest BCUT2D eigenvalue weighted by molar-refractivity contribution is 0.596. The number of hydrogen-bond donors (Lipinski definition) is 0. The number of hydrogen-bond acceptors (Lipinski definition) is 4. The molecule has 0 N–H and O–H groups in total. The molecule has 0 bridgehead atoms. The Morgan fingerprint density at radius 1 is 1.32 bits per heavy atom. The quantitative estimate of drug-likeness (QED) is 0.742. The van der Waals surface area contributed by atoms with Gasteiger partial charge < -0.3 is 4.57 Å². The standard InChI is InChI=1S/C14H11ClFN5O/c1-9(20-3-2-10(15)4-14(20)22)13-8-21(19-18-13)12-5-11(16)6-17-7-12/h2-9H,1H3. The maximum absolute atomic E-state index is 13.2. The molecule has 3 aromatic rings. The van der Waals surface area contributed by atoms with Crippen LogP contribution < -0.4 is 5.56 Å². The minimum atomic E-state index is -0.462. The Hall–Kier alpha value is -2.54. The third kappa shape index (κ3) is 2.75. The van der Waals surface area contributed by atoms with E-state index in [1.807, 2.05) is 6.92 Å². The van der Waals surface area contributed by atoms with Crippen LogP contribution in [0.3, 0.4) is 0 Å². The van der Waals surface area contributed by atoms with Crippen molar-refractivity contribution >= 4 is 11.6 Å². The van der Waals surface area contributed by atoms with Gasteiger partial charge in [-0.1, -0.05) is 16.8 Å². The van der Waals surface area contributed by atoms with Crippen LogP contribution in [-0.4, -0.2) is 24.5 Å². The molecule has 0 aliphatic carbocycles. The average Bonchev–Trinajstić information content (AvgIpc) is 2.96. The van der Waals surface area contributed by atoms with E-state index in [9.17, 15) is 9.18 Å². The Morgan fingerprint density at radius 2 is 2.14 bits per heavy atom. The first kappa shape index (κ1) is 14.4. The number of aromatic nitrogens is 5. The second kappa shape index (κ2) is 5.69. The zero-order chi connectivity index (χ0) is 15.7. The molecule has 0 aromatic carbocycles. The van der Waals surface area contributed by atoms with E-state index in [0.717, 1.165) is 6.20 Å². The molecule has 0 saturated carbocycles. The van der Waals surface area contributed by atoms with Gasteiger partial charge in [0.2, 0.25) is 0 Å². The SMILES string of the molecule is CC(c1cn(-c2cncc(F)c2)nn1)n1ccc(Cl)cc1=O. The van der Waals surface area contributed by atoms with Gasteiger partial charge in [0.15, 0.2) is 0 Å². The average molecular weight is 320 g/mol. The second-order valence-corrected chi connectivity index (χ2v) is 5.15. The third-order valence-corrected chi connectivity index (χ3v) is 3.46. The van der Waals surface area contributed by atoms with Crippen LogP contribution in [-0.2, 0) is 0 Å². The van der Waals surface area contributed by atoms with Crippen LogP contribution in [0.25, 0.3) is 5.69 Å². The predicted octanol–water partition coefficient (Wildman–Crippen LogP) is 2.23. The molecule has 0 fully saturated rings. The van der Waals surface area contributed by atoms with Crippen molar-refractivity contribution in [3.05, 3.63) is 69.9 Å². The van der Waals surface area contributed by atoms with Crippen molar-refractivity contribution in [1.29, 1.82) is 0 Å². The minimum Gasteiger partial charge on any atom is -0.307 e. The van der Waals surface area contributed by atoms with Gasteiger partial charge in [0, 0.05) is 23.4 Å². The van der Waals surface area contributed by atoms with E-state index in [-0.39, 0.29) is 11.6 Å². The molecule has 0 spiro atoms. The molecule has 8 heteroatoms. The van der Waals surface area contributed by atoms with Crippen molar-refractivity contribution < 1.29 is 4.39 Å². The van der Waals surface area contributed by atoms with Gasteiger partial charge in [-0.05, 0) is 13.0 Å². The minimum absolute atomic E-state index is 0.234. The first-order chi connectivity index (χ1) is 10.5. The molecule has 22 heavy (non-hydrogen) atoms. The van der Waals surface area contributed by atoms with Gasteiger partial charge in [0.05, 0.1) is 30.3 Å². The Bertz CT molecular complexity index is 875. The number of pyridine rings is 2. The van der Waals surface area contributed by atoms with Crippen molar-refractivity contribution in [2.75, 3.05) is 0 Å².